The number of nitrogens with one attached hydrogen (secondary N) is 2. The summed E-state index contributed by atoms with van der Waals surface area (Å²) in [6, 6.07) is 1.59. The van der Waals surface area contributed by atoms with E-state index in [1.165, 1.54) is 25.9 Å². The number of anilines is 1. The molecular weight excluding hydrogens is 254 g/mol. The summed E-state index contributed by atoms with van der Waals surface area (Å²) in [6.45, 7) is 6.48. The van der Waals surface area contributed by atoms with Crippen molar-refractivity contribution in [3.63, 3.8) is 0 Å². The van der Waals surface area contributed by atoms with Gasteiger partial charge in [0.25, 0.3) is 0 Å². The quantitative estimate of drug-likeness (QED) is 0.806. The number of hydrogen-bond donors (Lipinski definition) is 2. The van der Waals surface area contributed by atoms with Crippen molar-refractivity contribution >= 4 is 11.8 Å². The number of hydrogen-bond acceptors (Lipinski definition) is 3. The topological polar surface area (TPSA) is 62.2 Å². The van der Waals surface area contributed by atoms with Gasteiger partial charge in [-0.2, -0.15) is 5.10 Å². The lowest BCUT2D eigenvalue weighted by molar-refractivity contribution is 0.190. The number of aromatic nitrogens is 2. The molecule has 1 saturated heterocycles. The zero-order chi connectivity index (χ0) is 14.4. The van der Waals surface area contributed by atoms with Crippen LogP contribution in [0, 0.1) is 5.92 Å². The van der Waals surface area contributed by atoms with E-state index in [0.29, 0.717) is 12.4 Å². The van der Waals surface area contributed by atoms with E-state index < -0.39 is 0 Å². The normalized spacial score (nSPS) is 17.1. The lowest BCUT2D eigenvalue weighted by Gasteiger charge is -2.30. The van der Waals surface area contributed by atoms with Crippen LogP contribution in [0.15, 0.2) is 12.3 Å². The van der Waals surface area contributed by atoms with Crippen LogP contribution in [0.3, 0.4) is 0 Å². The smallest absolute Gasteiger partial charge is 0.320 e. The summed E-state index contributed by atoms with van der Waals surface area (Å²) in [5.41, 5.74) is 0. The van der Waals surface area contributed by atoms with Gasteiger partial charge in [-0.05, 0) is 44.8 Å². The number of carbonyl (C=O) groups excluding carboxylic acids is 1. The summed E-state index contributed by atoms with van der Waals surface area (Å²) in [7, 11) is 1.82. The fraction of sp³-hybridized carbons (Fsp3) is 0.714. The highest BCUT2D eigenvalue weighted by Gasteiger charge is 2.14. The molecule has 112 valence electrons. The molecule has 0 saturated carbocycles. The highest BCUT2D eigenvalue weighted by atomic mass is 16.2. The number of rotatable bonds is 5. The number of piperidine rings is 1. The van der Waals surface area contributed by atoms with Crippen LogP contribution in [0.5, 0.6) is 0 Å². The maximum atomic E-state index is 11.6. The largest absolute Gasteiger partial charge is 0.338 e. The van der Waals surface area contributed by atoms with Crippen molar-refractivity contribution in [1.82, 2.24) is 20.0 Å². The molecule has 0 spiro atoms. The molecule has 6 nitrogen and oxygen atoms in total. The van der Waals surface area contributed by atoms with E-state index in [4.69, 9.17) is 0 Å². The minimum absolute atomic E-state index is 0.184. The van der Waals surface area contributed by atoms with Crippen LogP contribution < -0.4 is 10.6 Å². The molecule has 0 aliphatic carbocycles. The Balaban J connectivity index is 1.55. The van der Waals surface area contributed by atoms with Gasteiger partial charge in [-0.1, -0.05) is 6.92 Å². The standard InChI is InChI=1S/C14H25N5O/c1-12-4-10-19(11-5-12)8-3-7-15-14(20)16-13-6-9-18(2)17-13/h6,9,12H,3-5,7-8,10-11H2,1-2H3,(H2,15,16,17,20). The Morgan fingerprint density at radius 3 is 2.85 bits per heavy atom. The second kappa shape index (κ2) is 7.28. The molecule has 0 aromatic carbocycles. The van der Waals surface area contributed by atoms with Crippen molar-refractivity contribution in [3.05, 3.63) is 12.3 Å². The zero-order valence-corrected chi connectivity index (χ0v) is 12.4. The summed E-state index contributed by atoms with van der Waals surface area (Å²) < 4.78 is 1.66. The van der Waals surface area contributed by atoms with E-state index in [9.17, 15) is 4.79 Å². The van der Waals surface area contributed by atoms with Crippen LogP contribution in [-0.4, -0.2) is 46.9 Å². The first-order valence-electron chi connectivity index (χ1n) is 7.40. The van der Waals surface area contributed by atoms with Crippen molar-refractivity contribution in [3.8, 4) is 0 Å². The third-order valence-electron chi connectivity index (χ3n) is 3.77. The Labute approximate surface area is 120 Å². The minimum Gasteiger partial charge on any atom is -0.338 e. The van der Waals surface area contributed by atoms with Gasteiger partial charge in [0, 0.05) is 25.9 Å². The Kier molecular flexibility index (Phi) is 5.40. The Morgan fingerprint density at radius 2 is 2.20 bits per heavy atom. The first-order valence-corrected chi connectivity index (χ1v) is 7.40. The number of amides is 2. The molecule has 0 atom stereocenters. The Hall–Kier alpha value is -1.56. The molecule has 0 bridgehead atoms. The average molecular weight is 279 g/mol. The molecule has 2 heterocycles. The first-order chi connectivity index (χ1) is 9.63. The average Bonchev–Trinajstić information content (AvgIpc) is 2.82. The summed E-state index contributed by atoms with van der Waals surface area (Å²) in [4.78, 5) is 14.1. The first kappa shape index (κ1) is 14.8. The second-order valence-electron chi connectivity index (χ2n) is 5.63. The van der Waals surface area contributed by atoms with Crippen molar-refractivity contribution in [2.24, 2.45) is 13.0 Å². The maximum Gasteiger partial charge on any atom is 0.320 e. The van der Waals surface area contributed by atoms with E-state index in [0.717, 1.165) is 18.9 Å². The number of aryl methyl sites for hydroxylation is 1. The van der Waals surface area contributed by atoms with Gasteiger partial charge < -0.3 is 10.2 Å². The van der Waals surface area contributed by atoms with Gasteiger partial charge in [0.15, 0.2) is 5.82 Å². The van der Waals surface area contributed by atoms with Crippen LogP contribution in [-0.2, 0) is 7.05 Å². The molecule has 1 aliphatic heterocycles. The number of nitrogens with zero attached hydrogens (tertiary/aromatic N) is 3. The van der Waals surface area contributed by atoms with E-state index in [1.54, 1.807) is 16.9 Å². The fourth-order valence-electron chi connectivity index (χ4n) is 2.43. The van der Waals surface area contributed by atoms with Gasteiger partial charge >= 0.3 is 6.03 Å². The number of urea groups is 1. The molecule has 6 heteroatoms. The van der Waals surface area contributed by atoms with Crippen LogP contribution in [0.4, 0.5) is 10.6 Å². The SMILES string of the molecule is CC1CCN(CCCNC(=O)Nc2ccn(C)n2)CC1. The summed E-state index contributed by atoms with van der Waals surface area (Å²) >= 11 is 0. The van der Waals surface area contributed by atoms with E-state index >= 15 is 0 Å². The van der Waals surface area contributed by atoms with Gasteiger partial charge in [0.1, 0.15) is 0 Å². The zero-order valence-electron chi connectivity index (χ0n) is 12.4. The van der Waals surface area contributed by atoms with E-state index in [-0.39, 0.29) is 6.03 Å². The molecule has 0 radical (unpaired) electrons. The van der Waals surface area contributed by atoms with E-state index in [2.05, 4.69) is 27.6 Å². The fourth-order valence-corrected chi connectivity index (χ4v) is 2.43. The van der Waals surface area contributed by atoms with Crippen molar-refractivity contribution in [2.75, 3.05) is 31.5 Å². The third-order valence-corrected chi connectivity index (χ3v) is 3.77. The second-order valence-corrected chi connectivity index (χ2v) is 5.63. The van der Waals surface area contributed by atoms with Crippen molar-refractivity contribution in [2.45, 2.75) is 26.2 Å². The van der Waals surface area contributed by atoms with Gasteiger partial charge in [0.2, 0.25) is 0 Å². The van der Waals surface area contributed by atoms with Gasteiger partial charge in [-0.25, -0.2) is 4.79 Å². The minimum atomic E-state index is -0.184. The van der Waals surface area contributed by atoms with E-state index in [1.807, 2.05) is 7.05 Å². The van der Waals surface area contributed by atoms with Gasteiger partial charge in [-0.3, -0.25) is 10.00 Å². The molecule has 1 aromatic heterocycles. The van der Waals surface area contributed by atoms with Crippen LogP contribution in [0.25, 0.3) is 0 Å². The molecule has 2 amide bonds. The van der Waals surface area contributed by atoms with Crippen LogP contribution in [0.2, 0.25) is 0 Å². The predicted molar refractivity (Wildman–Crippen MR) is 79.7 cm³/mol. The lowest BCUT2D eigenvalue weighted by Crippen LogP contribution is -2.36. The van der Waals surface area contributed by atoms with Crippen LogP contribution in [0.1, 0.15) is 26.2 Å². The molecule has 1 fully saturated rings. The Bertz CT molecular complexity index is 423. The molecule has 20 heavy (non-hydrogen) atoms. The molecule has 2 N–H and O–H groups in total. The highest BCUT2D eigenvalue weighted by molar-refractivity contribution is 5.88. The summed E-state index contributed by atoms with van der Waals surface area (Å²) in [5, 5.41) is 9.67. The number of likely N-dealkylation sites (tertiary alicyclic amines) is 1. The summed E-state index contributed by atoms with van der Waals surface area (Å²) in [5.74, 6) is 1.45. The Morgan fingerprint density at radius 1 is 1.45 bits per heavy atom. The molecule has 1 aromatic rings. The molecule has 2 rings (SSSR count). The maximum absolute atomic E-state index is 11.6. The monoisotopic (exact) mass is 279 g/mol. The van der Waals surface area contributed by atoms with Crippen molar-refractivity contribution < 1.29 is 4.79 Å². The van der Waals surface area contributed by atoms with Crippen molar-refractivity contribution in [1.29, 1.82) is 0 Å². The van der Waals surface area contributed by atoms with Crippen LogP contribution >= 0.6 is 0 Å². The predicted octanol–water partition coefficient (Wildman–Crippen LogP) is 1.66. The van der Waals surface area contributed by atoms with Gasteiger partial charge in [-0.15, -0.1) is 0 Å². The molecular formula is C14H25N5O. The lowest BCUT2D eigenvalue weighted by atomic mass is 9.99. The highest BCUT2D eigenvalue weighted by Crippen LogP contribution is 2.15. The molecule has 0 unspecified atom stereocenters. The van der Waals surface area contributed by atoms with Gasteiger partial charge in [0.05, 0.1) is 0 Å². The number of carbonyl (C=O) groups is 1. The summed E-state index contributed by atoms with van der Waals surface area (Å²) in [6.07, 6.45) is 5.39. The molecule has 1 aliphatic rings. The third kappa shape index (κ3) is 4.85.